The van der Waals surface area contributed by atoms with Gasteiger partial charge in [-0.1, -0.05) is 0 Å². The minimum Gasteiger partial charge on any atom is -0.351 e. The average molecular weight is 567 g/mol. The number of likely N-dealkylation sites (N-methyl/N-ethyl adjacent to an activating group) is 2. The Morgan fingerprint density at radius 1 is 1.12 bits per heavy atom. The highest BCUT2D eigenvalue weighted by Crippen LogP contribution is 2.32. The number of fused-ring (bicyclic) bond motifs is 1. The van der Waals surface area contributed by atoms with E-state index in [-0.39, 0.29) is 35.8 Å². The van der Waals surface area contributed by atoms with Crippen LogP contribution in [0.3, 0.4) is 0 Å². The lowest BCUT2D eigenvalue weighted by Gasteiger charge is -2.41. The smallest absolute Gasteiger partial charge is 0.236 e. The molecular formula is C28H36F2N10O. The number of hydrogen-bond donors (Lipinski definition) is 0. The van der Waals surface area contributed by atoms with Gasteiger partial charge in [-0.05, 0) is 46.1 Å². The molecule has 1 amide bonds. The van der Waals surface area contributed by atoms with E-state index < -0.39 is 11.6 Å². The lowest BCUT2D eigenvalue weighted by Crippen LogP contribution is -2.52. The molecule has 5 rings (SSSR count). The van der Waals surface area contributed by atoms with Crippen molar-refractivity contribution in [1.29, 1.82) is 5.26 Å². The number of carbonyl (C=O) groups excluding carboxylic acids is 1. The predicted molar refractivity (Wildman–Crippen MR) is 152 cm³/mol. The molecule has 0 spiro atoms. The average Bonchev–Trinajstić information content (AvgIpc) is 3.37. The van der Waals surface area contributed by atoms with Gasteiger partial charge in [0.25, 0.3) is 0 Å². The number of halogens is 2. The first-order valence-electron chi connectivity index (χ1n) is 13.9. The monoisotopic (exact) mass is 566 g/mol. The Bertz CT molecular complexity index is 1430. The summed E-state index contributed by atoms with van der Waals surface area (Å²) in [6.07, 6.45) is 4.19. The van der Waals surface area contributed by atoms with Crippen molar-refractivity contribution in [3.8, 4) is 17.6 Å². The van der Waals surface area contributed by atoms with Gasteiger partial charge < -0.3 is 24.5 Å². The highest BCUT2D eigenvalue weighted by atomic mass is 19.1. The van der Waals surface area contributed by atoms with Crippen LogP contribution in [0.15, 0.2) is 24.5 Å². The Morgan fingerprint density at radius 2 is 1.90 bits per heavy atom. The van der Waals surface area contributed by atoms with E-state index >= 15 is 4.39 Å². The zero-order chi connectivity index (χ0) is 29.1. The number of pyridine rings is 1. The van der Waals surface area contributed by atoms with Crippen molar-refractivity contribution in [3.05, 3.63) is 36.2 Å². The fourth-order valence-electron chi connectivity index (χ4n) is 5.46. The molecule has 41 heavy (non-hydrogen) atoms. The van der Waals surface area contributed by atoms with Crippen LogP contribution in [0.4, 0.5) is 20.4 Å². The molecule has 0 unspecified atom stereocenters. The van der Waals surface area contributed by atoms with E-state index in [1.54, 1.807) is 21.6 Å². The number of hydrogen-bond acceptors (Lipinski definition) is 9. The maximum atomic E-state index is 16.6. The topological polar surface area (TPSA) is 100 Å². The lowest BCUT2D eigenvalue weighted by atomic mass is 10.0. The van der Waals surface area contributed by atoms with Gasteiger partial charge in [0.1, 0.15) is 23.6 Å². The van der Waals surface area contributed by atoms with Crippen LogP contribution in [-0.4, -0.2) is 120 Å². The summed E-state index contributed by atoms with van der Waals surface area (Å²) in [6.45, 7) is 4.76. The molecule has 0 radical (unpaired) electrons. The summed E-state index contributed by atoms with van der Waals surface area (Å²) < 4.78 is 32.4. The predicted octanol–water partition coefficient (Wildman–Crippen LogP) is 2.09. The van der Waals surface area contributed by atoms with E-state index in [4.69, 9.17) is 15.2 Å². The second-order valence-corrected chi connectivity index (χ2v) is 11.0. The molecule has 2 fully saturated rings. The summed E-state index contributed by atoms with van der Waals surface area (Å²) in [5, 5.41) is 9.07. The fraction of sp³-hybridized carbons (Fsp3) is 0.536. The van der Waals surface area contributed by atoms with Gasteiger partial charge in [0.2, 0.25) is 11.7 Å². The summed E-state index contributed by atoms with van der Waals surface area (Å²) in [7, 11) is 5.93. The van der Waals surface area contributed by atoms with Gasteiger partial charge in [-0.2, -0.15) is 9.65 Å². The van der Waals surface area contributed by atoms with Crippen LogP contribution < -0.4 is 9.80 Å². The minimum atomic E-state index is -0.516. The van der Waals surface area contributed by atoms with Gasteiger partial charge >= 0.3 is 0 Å². The second-order valence-electron chi connectivity index (χ2n) is 11.0. The van der Waals surface area contributed by atoms with Crippen molar-refractivity contribution in [1.82, 2.24) is 34.1 Å². The largest absolute Gasteiger partial charge is 0.351 e. The van der Waals surface area contributed by atoms with Crippen LogP contribution in [-0.2, 0) is 4.79 Å². The highest BCUT2D eigenvalue weighted by Gasteiger charge is 2.33. The van der Waals surface area contributed by atoms with Gasteiger partial charge in [-0.25, -0.2) is 19.3 Å². The number of carbonyl (C=O) groups is 1. The van der Waals surface area contributed by atoms with Crippen molar-refractivity contribution >= 4 is 23.2 Å². The van der Waals surface area contributed by atoms with E-state index in [2.05, 4.69) is 9.88 Å². The third-order valence-electron chi connectivity index (χ3n) is 7.80. The molecule has 3 aromatic heterocycles. The van der Waals surface area contributed by atoms with Crippen LogP contribution in [0.5, 0.6) is 0 Å². The molecule has 2 aliphatic rings. The quantitative estimate of drug-likeness (QED) is 0.406. The van der Waals surface area contributed by atoms with Crippen molar-refractivity contribution in [3.63, 3.8) is 0 Å². The van der Waals surface area contributed by atoms with Crippen molar-refractivity contribution in [2.45, 2.75) is 25.3 Å². The highest BCUT2D eigenvalue weighted by molar-refractivity contribution is 5.78. The van der Waals surface area contributed by atoms with E-state index in [9.17, 15) is 9.18 Å². The van der Waals surface area contributed by atoms with Crippen molar-refractivity contribution < 1.29 is 13.6 Å². The maximum Gasteiger partial charge on any atom is 0.236 e. The number of piperidine rings is 1. The van der Waals surface area contributed by atoms with Gasteiger partial charge in [-0.15, -0.1) is 0 Å². The molecule has 0 saturated carbocycles. The molecule has 11 nitrogen and oxygen atoms in total. The first-order chi connectivity index (χ1) is 19.7. The number of nitrogens with zero attached hydrogens (tertiary/aromatic N) is 10. The normalized spacial score (nSPS) is 18.2. The molecule has 2 aliphatic heterocycles. The molecule has 13 heteroatoms. The summed E-state index contributed by atoms with van der Waals surface area (Å²) in [6, 6.07) is 4.65. The van der Waals surface area contributed by atoms with Gasteiger partial charge in [0.05, 0.1) is 12.3 Å². The Labute approximate surface area is 238 Å². The SMILES string of the molecule is CN(C)CCN(c1nc(-c2cnc3ccc(F)cn23)nc(N2CCN(C)CC2)c1F)[C@@H]1CCCN(C(=O)CC#N)C1. The number of amides is 1. The number of piperazine rings is 1. The summed E-state index contributed by atoms with van der Waals surface area (Å²) in [4.78, 5) is 36.2. The van der Waals surface area contributed by atoms with Crippen molar-refractivity contribution in [2.24, 2.45) is 0 Å². The maximum absolute atomic E-state index is 16.6. The fourth-order valence-corrected chi connectivity index (χ4v) is 5.46. The molecule has 218 valence electrons. The second kappa shape index (κ2) is 12.3. The summed E-state index contributed by atoms with van der Waals surface area (Å²) in [5.41, 5.74) is 0.985. The zero-order valence-electron chi connectivity index (χ0n) is 23.8. The minimum absolute atomic E-state index is 0.150. The molecule has 0 N–H and O–H groups in total. The molecular weight excluding hydrogens is 530 g/mol. The zero-order valence-corrected chi connectivity index (χ0v) is 23.8. The molecule has 3 aromatic rings. The molecule has 2 saturated heterocycles. The molecule has 0 bridgehead atoms. The van der Waals surface area contributed by atoms with Gasteiger partial charge in [0, 0.05) is 64.6 Å². The Balaban J connectivity index is 1.62. The standard InChI is InChI=1S/C28H36F2N10O/c1-35(2)11-16-39(21-5-4-10-38(19-21)24(41)8-9-31)28-25(30)27(37-14-12-36(3)13-15-37)33-26(34-28)22-17-32-23-7-6-20(29)18-40(22)23/h6-7,17-18,21H,4-5,8,10-16,19H2,1-3H3/t21-/m1/s1. The Hall–Kier alpha value is -3.89. The third-order valence-corrected chi connectivity index (χ3v) is 7.80. The van der Waals surface area contributed by atoms with Crippen LogP contribution in [0.2, 0.25) is 0 Å². The van der Waals surface area contributed by atoms with E-state index in [0.29, 0.717) is 50.6 Å². The van der Waals surface area contributed by atoms with Gasteiger partial charge in [-0.3, -0.25) is 9.20 Å². The van der Waals surface area contributed by atoms with E-state index in [0.717, 1.165) is 25.9 Å². The molecule has 0 aromatic carbocycles. The van der Waals surface area contributed by atoms with Crippen LogP contribution in [0.25, 0.3) is 17.2 Å². The number of anilines is 2. The van der Waals surface area contributed by atoms with Crippen LogP contribution >= 0.6 is 0 Å². The van der Waals surface area contributed by atoms with Crippen LogP contribution in [0, 0.1) is 23.0 Å². The molecule has 1 atom stereocenters. The first kappa shape index (κ1) is 28.6. The number of nitriles is 1. The number of likely N-dealkylation sites (tertiary alicyclic amines) is 1. The van der Waals surface area contributed by atoms with E-state index in [1.807, 2.05) is 41.9 Å². The number of rotatable bonds is 8. The first-order valence-corrected chi connectivity index (χ1v) is 13.9. The number of imidazole rings is 1. The number of aromatic nitrogens is 4. The molecule has 0 aliphatic carbocycles. The molecule has 5 heterocycles. The Kier molecular flexibility index (Phi) is 8.60. The summed E-state index contributed by atoms with van der Waals surface area (Å²) >= 11 is 0. The van der Waals surface area contributed by atoms with Crippen molar-refractivity contribution in [2.75, 3.05) is 83.3 Å². The lowest BCUT2D eigenvalue weighted by molar-refractivity contribution is -0.131. The Morgan fingerprint density at radius 3 is 2.63 bits per heavy atom. The van der Waals surface area contributed by atoms with Crippen LogP contribution in [0.1, 0.15) is 19.3 Å². The third kappa shape index (κ3) is 6.23. The summed E-state index contributed by atoms with van der Waals surface area (Å²) in [5.74, 6) is -0.576. The van der Waals surface area contributed by atoms with Gasteiger partial charge in [0.15, 0.2) is 17.5 Å². The van der Waals surface area contributed by atoms with E-state index in [1.165, 1.54) is 12.3 Å².